The van der Waals surface area contributed by atoms with Gasteiger partial charge in [-0.3, -0.25) is 9.59 Å². The largest absolute Gasteiger partial charge is 0.495 e. The van der Waals surface area contributed by atoms with E-state index < -0.39 is 53.0 Å². The first kappa shape index (κ1) is 39.8. The lowest BCUT2D eigenvalue weighted by Gasteiger charge is -2.35. The van der Waals surface area contributed by atoms with Crippen LogP contribution in [0.2, 0.25) is 5.02 Å². The summed E-state index contributed by atoms with van der Waals surface area (Å²) in [5.41, 5.74) is -0.672. The van der Waals surface area contributed by atoms with Crippen molar-refractivity contribution in [3.05, 3.63) is 28.6 Å². The fourth-order valence-electron chi connectivity index (χ4n) is 8.32. The highest BCUT2D eigenvalue weighted by atomic mass is 35.5. The van der Waals surface area contributed by atoms with E-state index in [1.54, 1.807) is 18.2 Å². The second-order valence-corrected chi connectivity index (χ2v) is 18.3. The predicted octanol–water partition coefficient (Wildman–Crippen LogP) is 6.50. The van der Waals surface area contributed by atoms with Gasteiger partial charge < -0.3 is 40.2 Å². The van der Waals surface area contributed by atoms with Gasteiger partial charge in [0.25, 0.3) is 0 Å². The standard InChI is InChI=1S/C40H51ClN6O8S/c1-8-22-16-40(22,36(50)51)46-34(48)28-14-24(17-47(28)35(49)33(39(4,5)6)45-38(52)55-23-12-20-11-21(20)13-23)54-30-15-26(27-18-56-37(44-27)42-19(2)3)43-32-25(30)9-10-29(53-7)31(32)41/h9-10,15,18-24,28,33H,8,11-14,16-17H2,1-7H3,(H,42,44)(H,45,52)(H,46,48)(H,50,51)/t20-,21+,22?,23?,24?,28-,33+,40+/m0/s1. The predicted molar refractivity (Wildman–Crippen MR) is 212 cm³/mol. The highest BCUT2D eigenvalue weighted by molar-refractivity contribution is 7.14. The number of likely N-dealkylation sites (tertiary alicyclic amines) is 1. The number of benzene rings is 1. The molecule has 0 radical (unpaired) electrons. The first-order valence-electron chi connectivity index (χ1n) is 19.4. The third-order valence-electron chi connectivity index (χ3n) is 11.6. The Labute approximate surface area is 335 Å². The van der Waals surface area contributed by atoms with Crippen molar-refractivity contribution in [3.8, 4) is 22.9 Å². The summed E-state index contributed by atoms with van der Waals surface area (Å²) >= 11 is 8.26. The van der Waals surface area contributed by atoms with Gasteiger partial charge in [-0.05, 0) is 74.8 Å². The molecule has 4 aliphatic rings. The number of nitrogens with zero attached hydrogens (tertiary/aromatic N) is 3. The molecule has 3 aliphatic carbocycles. The molecule has 1 saturated heterocycles. The number of halogens is 1. The molecule has 1 aromatic carbocycles. The Morgan fingerprint density at radius 1 is 1.05 bits per heavy atom. The number of hydrogen-bond donors (Lipinski definition) is 4. The minimum atomic E-state index is -1.41. The van der Waals surface area contributed by atoms with Crippen molar-refractivity contribution >= 4 is 62.8 Å². The number of nitrogens with one attached hydrogen (secondary N) is 3. The summed E-state index contributed by atoms with van der Waals surface area (Å²) in [5.74, 6) is -0.397. The minimum Gasteiger partial charge on any atom is -0.495 e. The summed E-state index contributed by atoms with van der Waals surface area (Å²) in [5, 5.41) is 22.6. The van der Waals surface area contributed by atoms with Crippen molar-refractivity contribution in [3.63, 3.8) is 0 Å². The Morgan fingerprint density at radius 2 is 1.79 bits per heavy atom. The number of thiazole rings is 1. The number of carboxylic acids is 1. The number of carboxylic acid groups (broad SMARTS) is 1. The number of amides is 3. The van der Waals surface area contributed by atoms with Gasteiger partial charge in [-0.25, -0.2) is 19.6 Å². The number of aliphatic carboxylic acids is 1. The molecular formula is C40H51ClN6O8S. The number of rotatable bonds is 13. The molecule has 3 saturated carbocycles. The van der Waals surface area contributed by atoms with E-state index in [1.165, 1.54) is 29.8 Å². The van der Waals surface area contributed by atoms with E-state index in [2.05, 4.69) is 16.0 Å². The number of aromatic nitrogens is 2. The molecule has 1 aliphatic heterocycles. The monoisotopic (exact) mass is 810 g/mol. The average molecular weight is 811 g/mol. The third kappa shape index (κ3) is 7.93. The molecule has 4 N–H and O–H groups in total. The molecule has 56 heavy (non-hydrogen) atoms. The summed E-state index contributed by atoms with van der Waals surface area (Å²) in [6.45, 7) is 11.4. The lowest BCUT2D eigenvalue weighted by atomic mass is 9.85. The smallest absolute Gasteiger partial charge is 0.408 e. The van der Waals surface area contributed by atoms with Gasteiger partial charge in [-0.1, -0.05) is 45.7 Å². The van der Waals surface area contributed by atoms with Crippen LogP contribution in [0.25, 0.3) is 22.3 Å². The van der Waals surface area contributed by atoms with E-state index in [9.17, 15) is 24.3 Å². The van der Waals surface area contributed by atoms with Crippen molar-refractivity contribution in [2.45, 2.75) is 116 Å². The number of ether oxygens (including phenoxy) is 3. The van der Waals surface area contributed by atoms with Crippen molar-refractivity contribution in [1.29, 1.82) is 0 Å². The van der Waals surface area contributed by atoms with Crippen LogP contribution in [0.3, 0.4) is 0 Å². The fourth-order valence-corrected chi connectivity index (χ4v) is 9.46. The highest BCUT2D eigenvalue weighted by Crippen LogP contribution is 2.52. The number of carbonyl (C=O) groups excluding carboxylic acids is 3. The quantitative estimate of drug-likeness (QED) is 0.148. The van der Waals surface area contributed by atoms with Gasteiger partial charge in [0.05, 0.1) is 24.9 Å². The average Bonchev–Trinajstić information content (AvgIpc) is 3.80. The van der Waals surface area contributed by atoms with Crippen LogP contribution in [0, 0.1) is 23.2 Å². The fraction of sp³-hybridized carbons (Fsp3) is 0.600. The summed E-state index contributed by atoms with van der Waals surface area (Å²) in [6.07, 6.45) is 2.16. The van der Waals surface area contributed by atoms with E-state index in [0.717, 1.165) is 18.0 Å². The Hall–Kier alpha value is -4.37. The summed E-state index contributed by atoms with van der Waals surface area (Å²) in [7, 11) is 1.52. The number of pyridine rings is 1. The molecule has 302 valence electrons. The third-order valence-corrected chi connectivity index (χ3v) is 12.7. The number of anilines is 1. The van der Waals surface area contributed by atoms with E-state index in [4.69, 9.17) is 35.8 Å². The number of hydrogen-bond acceptors (Lipinski definition) is 11. The SMILES string of the molecule is CCC1C[C@]1(NC(=O)[C@@H]1CC(Oc2cc(-c3csc(NC(C)C)n3)nc3c(Cl)c(OC)ccc23)CN1C(=O)[C@@H](NC(=O)OC1C[C@@H]2C[C@@H]2C1)C(C)(C)C)C(=O)O. The zero-order chi connectivity index (χ0) is 40.3. The van der Waals surface area contributed by atoms with Gasteiger partial charge in [-0.15, -0.1) is 11.3 Å². The van der Waals surface area contributed by atoms with Gasteiger partial charge in [0.2, 0.25) is 11.8 Å². The Morgan fingerprint density at radius 3 is 2.41 bits per heavy atom. The van der Waals surface area contributed by atoms with Crippen molar-refractivity contribution in [2.75, 3.05) is 19.0 Å². The first-order chi connectivity index (χ1) is 26.5. The molecule has 14 nitrogen and oxygen atoms in total. The second-order valence-electron chi connectivity index (χ2n) is 17.1. The molecule has 3 unspecified atom stereocenters. The second kappa shape index (κ2) is 15.2. The number of carbonyl (C=O) groups is 4. The van der Waals surface area contributed by atoms with Gasteiger partial charge in [0.1, 0.15) is 52.0 Å². The molecule has 3 heterocycles. The molecule has 4 fully saturated rings. The number of methoxy groups -OCH3 is 1. The lowest BCUT2D eigenvalue weighted by Crippen LogP contribution is -2.59. The van der Waals surface area contributed by atoms with E-state index in [1.807, 2.05) is 46.9 Å². The topological polar surface area (TPSA) is 181 Å². The van der Waals surface area contributed by atoms with Crippen LogP contribution in [-0.2, 0) is 19.1 Å². The summed E-state index contributed by atoms with van der Waals surface area (Å²) in [6, 6.07) is 3.28. The molecule has 0 spiro atoms. The first-order valence-corrected chi connectivity index (χ1v) is 20.7. The van der Waals surface area contributed by atoms with Gasteiger partial charge >= 0.3 is 12.1 Å². The van der Waals surface area contributed by atoms with Crippen LogP contribution in [0.5, 0.6) is 11.5 Å². The Balaban J connectivity index is 1.20. The molecule has 16 heteroatoms. The minimum absolute atomic E-state index is 0.0221. The van der Waals surface area contributed by atoms with Gasteiger partial charge in [0.15, 0.2) is 5.13 Å². The zero-order valence-electron chi connectivity index (χ0n) is 32.8. The van der Waals surface area contributed by atoms with Crippen molar-refractivity contribution in [2.24, 2.45) is 23.2 Å². The normalized spacial score (nSPS) is 27.1. The maximum Gasteiger partial charge on any atom is 0.408 e. The molecule has 0 bridgehead atoms. The van der Waals surface area contributed by atoms with E-state index in [0.29, 0.717) is 58.5 Å². The van der Waals surface area contributed by atoms with Crippen LogP contribution >= 0.6 is 22.9 Å². The van der Waals surface area contributed by atoms with Crippen LogP contribution in [0.1, 0.15) is 80.1 Å². The van der Waals surface area contributed by atoms with Crippen LogP contribution < -0.4 is 25.4 Å². The molecule has 3 aromatic rings. The number of fused-ring (bicyclic) bond motifs is 2. The maximum atomic E-state index is 14.7. The van der Waals surface area contributed by atoms with E-state index in [-0.39, 0.29) is 36.1 Å². The van der Waals surface area contributed by atoms with Gasteiger partial charge in [0, 0.05) is 29.3 Å². The molecule has 7 rings (SSSR count). The zero-order valence-corrected chi connectivity index (χ0v) is 34.4. The molecular weight excluding hydrogens is 760 g/mol. The Bertz CT molecular complexity index is 2030. The van der Waals surface area contributed by atoms with Crippen LogP contribution in [-0.4, -0.2) is 93.4 Å². The van der Waals surface area contributed by atoms with Crippen LogP contribution in [0.15, 0.2) is 23.6 Å². The summed E-state index contributed by atoms with van der Waals surface area (Å²) in [4.78, 5) is 65.5. The lowest BCUT2D eigenvalue weighted by molar-refractivity contribution is -0.146. The van der Waals surface area contributed by atoms with E-state index >= 15 is 0 Å². The van der Waals surface area contributed by atoms with Crippen molar-refractivity contribution < 1.29 is 38.5 Å². The van der Waals surface area contributed by atoms with Gasteiger partial charge in [-0.2, -0.15) is 0 Å². The Kier molecular flexibility index (Phi) is 10.8. The maximum absolute atomic E-state index is 14.7. The number of alkyl carbamates (subject to hydrolysis) is 1. The highest BCUT2D eigenvalue weighted by Gasteiger charge is 2.61. The van der Waals surface area contributed by atoms with Crippen LogP contribution in [0.4, 0.5) is 9.93 Å². The van der Waals surface area contributed by atoms with Crippen molar-refractivity contribution in [1.82, 2.24) is 25.5 Å². The molecule has 2 aromatic heterocycles. The molecule has 8 atom stereocenters. The summed E-state index contributed by atoms with van der Waals surface area (Å²) < 4.78 is 18.0. The molecule has 3 amide bonds.